The standard InChI is InChI=1S/C21H26N4O3/c1-14-12-17(24-15(2)23-14)20(26)25-11-9-21(27-3)8-7-16(13-18(21)25)28-19-6-4-5-10-22-19/h4-6,10,12,16,18H,7-9,11,13H2,1-3H3/t16-,18+,21-/m1/s1. The van der Waals surface area contributed by atoms with Crippen LogP contribution in [0.2, 0.25) is 0 Å². The molecule has 0 bridgehead atoms. The summed E-state index contributed by atoms with van der Waals surface area (Å²) in [6, 6.07) is 7.36. The van der Waals surface area contributed by atoms with E-state index in [2.05, 4.69) is 15.0 Å². The number of hydrogen-bond acceptors (Lipinski definition) is 6. The summed E-state index contributed by atoms with van der Waals surface area (Å²) in [5.74, 6) is 1.17. The van der Waals surface area contributed by atoms with Crippen molar-refractivity contribution >= 4 is 5.91 Å². The van der Waals surface area contributed by atoms with Crippen molar-refractivity contribution in [1.29, 1.82) is 0 Å². The first-order valence-electron chi connectivity index (χ1n) is 9.77. The van der Waals surface area contributed by atoms with E-state index in [0.29, 0.717) is 23.9 Å². The molecule has 1 saturated heterocycles. The van der Waals surface area contributed by atoms with Gasteiger partial charge in [0.1, 0.15) is 17.6 Å². The summed E-state index contributed by atoms with van der Waals surface area (Å²) in [7, 11) is 1.75. The van der Waals surface area contributed by atoms with Crippen molar-refractivity contribution in [2.45, 2.75) is 57.3 Å². The minimum absolute atomic E-state index is 0.00504. The van der Waals surface area contributed by atoms with Crippen molar-refractivity contribution < 1.29 is 14.3 Å². The molecule has 2 fully saturated rings. The van der Waals surface area contributed by atoms with Gasteiger partial charge >= 0.3 is 0 Å². The van der Waals surface area contributed by atoms with Crippen molar-refractivity contribution in [3.05, 3.63) is 47.7 Å². The van der Waals surface area contributed by atoms with Gasteiger partial charge in [-0.2, -0.15) is 0 Å². The smallest absolute Gasteiger partial charge is 0.272 e. The number of pyridine rings is 1. The highest BCUT2D eigenvalue weighted by Gasteiger charge is 2.53. The molecule has 7 nitrogen and oxygen atoms in total. The van der Waals surface area contributed by atoms with Crippen molar-refractivity contribution in [3.8, 4) is 5.88 Å². The van der Waals surface area contributed by atoms with E-state index in [4.69, 9.17) is 9.47 Å². The summed E-state index contributed by atoms with van der Waals surface area (Å²) in [6.45, 7) is 4.35. The SMILES string of the molecule is CO[C@@]12CC[C@@H](Oc3ccccn3)C[C@@H]1N(C(=O)c1cc(C)nc(C)n1)CC2. The Balaban J connectivity index is 1.56. The molecule has 148 valence electrons. The maximum absolute atomic E-state index is 13.3. The number of methoxy groups -OCH3 is 1. The second-order valence-electron chi connectivity index (χ2n) is 7.66. The van der Waals surface area contributed by atoms with Crippen LogP contribution in [0.3, 0.4) is 0 Å². The third kappa shape index (κ3) is 3.46. The van der Waals surface area contributed by atoms with Gasteiger partial charge < -0.3 is 14.4 Å². The molecule has 28 heavy (non-hydrogen) atoms. The van der Waals surface area contributed by atoms with Gasteiger partial charge in [-0.15, -0.1) is 0 Å². The third-order valence-electron chi connectivity index (χ3n) is 5.91. The summed E-state index contributed by atoms with van der Waals surface area (Å²) in [4.78, 5) is 28.1. The molecule has 2 aliphatic rings. The van der Waals surface area contributed by atoms with E-state index in [1.165, 1.54) is 0 Å². The van der Waals surface area contributed by atoms with Gasteiger partial charge in [0.05, 0.1) is 11.6 Å². The fourth-order valence-corrected chi connectivity index (χ4v) is 4.57. The van der Waals surface area contributed by atoms with Gasteiger partial charge in [0.25, 0.3) is 5.91 Å². The topological polar surface area (TPSA) is 77.4 Å². The molecule has 0 aromatic carbocycles. The molecule has 1 aliphatic heterocycles. The predicted molar refractivity (Wildman–Crippen MR) is 103 cm³/mol. The minimum atomic E-state index is -0.309. The average molecular weight is 382 g/mol. The fraction of sp³-hybridized carbons (Fsp3) is 0.524. The molecule has 2 aromatic heterocycles. The molecule has 2 aromatic rings. The largest absolute Gasteiger partial charge is 0.474 e. The van der Waals surface area contributed by atoms with Gasteiger partial charge in [0, 0.05) is 38.0 Å². The second-order valence-corrected chi connectivity index (χ2v) is 7.66. The number of amides is 1. The van der Waals surface area contributed by atoms with Crippen LogP contribution in [0.1, 0.15) is 47.7 Å². The Morgan fingerprint density at radius 2 is 2.11 bits per heavy atom. The number of aromatic nitrogens is 3. The highest BCUT2D eigenvalue weighted by atomic mass is 16.5. The van der Waals surface area contributed by atoms with Gasteiger partial charge in [0.2, 0.25) is 5.88 Å². The number of nitrogens with zero attached hydrogens (tertiary/aromatic N) is 4. The average Bonchev–Trinajstić information content (AvgIpc) is 3.07. The number of carbonyl (C=O) groups excluding carboxylic acids is 1. The normalized spacial score (nSPS) is 26.8. The molecule has 1 aliphatic carbocycles. The first-order chi connectivity index (χ1) is 13.5. The lowest BCUT2D eigenvalue weighted by Crippen LogP contribution is -2.53. The Morgan fingerprint density at radius 3 is 2.82 bits per heavy atom. The molecule has 1 amide bonds. The van der Waals surface area contributed by atoms with E-state index in [1.807, 2.05) is 36.9 Å². The molecule has 0 N–H and O–H groups in total. The van der Waals surface area contributed by atoms with Gasteiger partial charge in [-0.1, -0.05) is 6.07 Å². The maximum atomic E-state index is 13.3. The van der Waals surface area contributed by atoms with Gasteiger partial charge in [0.15, 0.2) is 0 Å². The Hall–Kier alpha value is -2.54. The van der Waals surface area contributed by atoms with Crippen molar-refractivity contribution in [3.63, 3.8) is 0 Å². The van der Waals surface area contributed by atoms with E-state index < -0.39 is 0 Å². The predicted octanol–water partition coefficient (Wildman–Crippen LogP) is 2.72. The number of carbonyl (C=O) groups is 1. The van der Waals surface area contributed by atoms with Crippen LogP contribution in [0.4, 0.5) is 0 Å². The molecule has 0 unspecified atom stereocenters. The van der Waals surface area contributed by atoms with Gasteiger partial charge in [-0.05, 0) is 45.2 Å². The second kappa shape index (κ2) is 7.47. The monoisotopic (exact) mass is 382 g/mol. The summed E-state index contributed by atoms with van der Waals surface area (Å²) in [6.07, 6.45) is 5.03. The molecule has 3 atom stereocenters. The van der Waals surface area contributed by atoms with Crippen LogP contribution in [0.25, 0.3) is 0 Å². The molecule has 7 heteroatoms. The van der Waals surface area contributed by atoms with Crippen molar-refractivity contribution in [1.82, 2.24) is 19.9 Å². The Bertz CT molecular complexity index is 840. The maximum Gasteiger partial charge on any atom is 0.272 e. The highest BCUT2D eigenvalue weighted by Crippen LogP contribution is 2.43. The van der Waals surface area contributed by atoms with Crippen LogP contribution < -0.4 is 4.74 Å². The van der Waals surface area contributed by atoms with E-state index in [9.17, 15) is 4.79 Å². The van der Waals surface area contributed by atoms with Crippen LogP contribution >= 0.6 is 0 Å². The highest BCUT2D eigenvalue weighted by molar-refractivity contribution is 5.93. The molecular weight excluding hydrogens is 356 g/mol. The van der Waals surface area contributed by atoms with Crippen LogP contribution in [0.15, 0.2) is 30.5 Å². The van der Waals surface area contributed by atoms with E-state index in [-0.39, 0.29) is 23.7 Å². The summed E-state index contributed by atoms with van der Waals surface area (Å²) < 4.78 is 12.1. The summed E-state index contributed by atoms with van der Waals surface area (Å²) >= 11 is 0. The third-order valence-corrected chi connectivity index (χ3v) is 5.91. The Morgan fingerprint density at radius 1 is 1.25 bits per heavy atom. The van der Waals surface area contributed by atoms with Crippen LogP contribution in [0.5, 0.6) is 5.88 Å². The lowest BCUT2D eigenvalue weighted by molar-refractivity contribution is -0.0789. The zero-order valence-electron chi connectivity index (χ0n) is 16.6. The van der Waals surface area contributed by atoms with E-state index in [0.717, 1.165) is 31.4 Å². The first kappa shape index (κ1) is 18.8. The molecule has 0 radical (unpaired) electrons. The molecule has 1 saturated carbocycles. The first-order valence-corrected chi connectivity index (χ1v) is 9.77. The van der Waals surface area contributed by atoms with Crippen LogP contribution in [0, 0.1) is 13.8 Å². The zero-order valence-corrected chi connectivity index (χ0v) is 16.6. The van der Waals surface area contributed by atoms with Gasteiger partial charge in [-0.25, -0.2) is 15.0 Å². The molecule has 3 heterocycles. The molecular formula is C21H26N4O3. The molecule has 0 spiro atoms. The van der Waals surface area contributed by atoms with Crippen LogP contribution in [-0.4, -0.2) is 57.2 Å². The number of fused-ring (bicyclic) bond motifs is 1. The quantitative estimate of drug-likeness (QED) is 0.809. The van der Waals surface area contributed by atoms with E-state index in [1.54, 1.807) is 19.4 Å². The Kier molecular flexibility index (Phi) is 5.02. The fourth-order valence-electron chi connectivity index (χ4n) is 4.57. The number of ether oxygens (including phenoxy) is 2. The summed E-state index contributed by atoms with van der Waals surface area (Å²) in [5.41, 5.74) is 0.939. The lowest BCUT2D eigenvalue weighted by atomic mass is 9.79. The van der Waals surface area contributed by atoms with Gasteiger partial charge in [-0.3, -0.25) is 4.79 Å². The number of likely N-dealkylation sites (tertiary alicyclic amines) is 1. The van der Waals surface area contributed by atoms with Crippen LogP contribution in [-0.2, 0) is 4.74 Å². The lowest BCUT2D eigenvalue weighted by Gasteiger charge is -2.43. The summed E-state index contributed by atoms with van der Waals surface area (Å²) in [5, 5.41) is 0. The van der Waals surface area contributed by atoms with Crippen molar-refractivity contribution in [2.24, 2.45) is 0 Å². The zero-order chi connectivity index (χ0) is 19.7. The Labute approximate surface area is 165 Å². The number of aryl methyl sites for hydroxylation is 2. The number of rotatable bonds is 4. The number of hydrogen-bond donors (Lipinski definition) is 0. The van der Waals surface area contributed by atoms with Crippen molar-refractivity contribution in [2.75, 3.05) is 13.7 Å². The molecule has 4 rings (SSSR count). The minimum Gasteiger partial charge on any atom is -0.474 e. The van der Waals surface area contributed by atoms with E-state index >= 15 is 0 Å².